The first kappa shape index (κ1) is 19.3. The highest BCUT2D eigenvalue weighted by Crippen LogP contribution is 2.20. The van der Waals surface area contributed by atoms with Gasteiger partial charge in [0.1, 0.15) is 11.5 Å². The SMILES string of the molecule is CCCC(Oc1ccc(Cl)cc1)C(=O)N/N=C/c1cc(Br)ccc1O. The van der Waals surface area contributed by atoms with Crippen molar-refractivity contribution in [2.24, 2.45) is 5.10 Å². The molecule has 0 saturated carbocycles. The van der Waals surface area contributed by atoms with Crippen LogP contribution in [0.5, 0.6) is 11.5 Å². The van der Waals surface area contributed by atoms with Crippen LogP contribution in [0.1, 0.15) is 25.3 Å². The number of nitrogens with one attached hydrogen (secondary N) is 1. The van der Waals surface area contributed by atoms with Crippen molar-refractivity contribution in [2.75, 3.05) is 0 Å². The number of nitrogens with zero attached hydrogens (tertiary/aromatic N) is 1. The molecule has 2 rings (SSSR count). The predicted octanol–water partition coefficient (Wildman–Crippen LogP) is 4.51. The number of hydrogen-bond acceptors (Lipinski definition) is 4. The Morgan fingerprint density at radius 3 is 2.76 bits per heavy atom. The van der Waals surface area contributed by atoms with Crippen LogP contribution in [0.15, 0.2) is 52.0 Å². The van der Waals surface area contributed by atoms with Gasteiger partial charge in [-0.3, -0.25) is 4.79 Å². The number of benzene rings is 2. The number of ether oxygens (including phenoxy) is 1. The van der Waals surface area contributed by atoms with Gasteiger partial charge >= 0.3 is 0 Å². The maximum atomic E-state index is 12.3. The maximum Gasteiger partial charge on any atom is 0.281 e. The Bertz CT molecular complexity index is 750. The fourth-order valence-electron chi connectivity index (χ4n) is 2.05. The molecule has 1 amide bonds. The lowest BCUT2D eigenvalue weighted by atomic mass is 10.2. The molecule has 0 fully saturated rings. The Morgan fingerprint density at radius 1 is 1.36 bits per heavy atom. The summed E-state index contributed by atoms with van der Waals surface area (Å²) in [6.45, 7) is 1.97. The Labute approximate surface area is 159 Å². The highest BCUT2D eigenvalue weighted by Gasteiger charge is 2.19. The summed E-state index contributed by atoms with van der Waals surface area (Å²) in [6.07, 6.45) is 2.04. The Hall–Kier alpha value is -2.05. The normalized spacial score (nSPS) is 12.1. The predicted molar refractivity (Wildman–Crippen MR) is 102 cm³/mol. The molecule has 132 valence electrons. The number of aromatic hydroxyl groups is 1. The van der Waals surface area contributed by atoms with Gasteiger partial charge in [0, 0.05) is 15.1 Å². The summed E-state index contributed by atoms with van der Waals surface area (Å²) < 4.78 is 6.51. The number of hydrazone groups is 1. The largest absolute Gasteiger partial charge is 0.507 e. The number of halogens is 2. The Balaban J connectivity index is 2.00. The lowest BCUT2D eigenvalue weighted by Crippen LogP contribution is -2.35. The molecular weight excluding hydrogens is 408 g/mol. The van der Waals surface area contributed by atoms with Crippen molar-refractivity contribution < 1.29 is 14.6 Å². The van der Waals surface area contributed by atoms with Crippen molar-refractivity contribution >= 4 is 39.7 Å². The zero-order valence-electron chi connectivity index (χ0n) is 13.6. The third kappa shape index (κ3) is 6.07. The second kappa shape index (κ2) is 9.44. The monoisotopic (exact) mass is 424 g/mol. The molecule has 25 heavy (non-hydrogen) atoms. The number of carbonyl (C=O) groups is 1. The van der Waals surface area contributed by atoms with Crippen molar-refractivity contribution in [1.82, 2.24) is 5.43 Å². The molecule has 0 aliphatic carbocycles. The number of phenols is 1. The molecule has 0 aromatic heterocycles. The zero-order chi connectivity index (χ0) is 18.2. The minimum Gasteiger partial charge on any atom is -0.507 e. The van der Waals surface area contributed by atoms with Crippen LogP contribution in [0, 0.1) is 0 Å². The van der Waals surface area contributed by atoms with Crippen molar-refractivity contribution in [1.29, 1.82) is 0 Å². The van der Waals surface area contributed by atoms with Gasteiger partial charge in [0.2, 0.25) is 0 Å². The second-order valence-corrected chi connectivity index (χ2v) is 6.64. The fourth-order valence-corrected chi connectivity index (χ4v) is 2.55. The average molecular weight is 426 g/mol. The summed E-state index contributed by atoms with van der Waals surface area (Å²) in [6, 6.07) is 11.8. The van der Waals surface area contributed by atoms with E-state index in [-0.39, 0.29) is 11.7 Å². The molecule has 0 aliphatic heterocycles. The molecule has 5 nitrogen and oxygen atoms in total. The van der Waals surface area contributed by atoms with Crippen LogP contribution < -0.4 is 10.2 Å². The smallest absolute Gasteiger partial charge is 0.281 e. The summed E-state index contributed by atoms with van der Waals surface area (Å²) in [5, 5.41) is 14.2. The first-order chi connectivity index (χ1) is 12.0. The van der Waals surface area contributed by atoms with Crippen molar-refractivity contribution in [3.63, 3.8) is 0 Å². The summed E-state index contributed by atoms with van der Waals surface area (Å²) >= 11 is 9.16. The van der Waals surface area contributed by atoms with E-state index in [1.807, 2.05) is 6.92 Å². The van der Waals surface area contributed by atoms with Crippen molar-refractivity contribution in [3.8, 4) is 11.5 Å². The number of rotatable bonds is 7. The molecule has 2 N–H and O–H groups in total. The van der Waals surface area contributed by atoms with Crippen LogP contribution in [0.3, 0.4) is 0 Å². The molecular formula is C18H18BrClN2O3. The number of carbonyl (C=O) groups excluding carboxylic acids is 1. The minimum absolute atomic E-state index is 0.0729. The van der Waals surface area contributed by atoms with Gasteiger partial charge in [-0.25, -0.2) is 5.43 Å². The molecule has 0 aliphatic rings. The molecule has 2 aromatic carbocycles. The van der Waals surface area contributed by atoms with E-state index in [1.54, 1.807) is 36.4 Å². The van der Waals surface area contributed by atoms with Gasteiger partial charge in [-0.05, 0) is 48.9 Å². The van der Waals surface area contributed by atoms with Crippen LogP contribution in [0.4, 0.5) is 0 Å². The molecule has 0 spiro atoms. The topological polar surface area (TPSA) is 70.9 Å². The van der Waals surface area contributed by atoms with E-state index in [0.29, 0.717) is 22.8 Å². The standard InChI is InChI=1S/C18H18BrClN2O3/c1-2-3-17(25-15-7-5-14(20)6-8-15)18(24)22-21-11-12-10-13(19)4-9-16(12)23/h4-11,17,23H,2-3H2,1H3,(H,22,24)/b21-11+. The van der Waals surface area contributed by atoms with E-state index in [2.05, 4.69) is 26.5 Å². The quantitative estimate of drug-likeness (QED) is 0.506. The summed E-state index contributed by atoms with van der Waals surface area (Å²) in [7, 11) is 0. The molecule has 2 aromatic rings. The zero-order valence-corrected chi connectivity index (χ0v) is 15.9. The van der Waals surface area contributed by atoms with Crippen molar-refractivity contribution in [3.05, 3.63) is 57.5 Å². The highest BCUT2D eigenvalue weighted by atomic mass is 79.9. The van der Waals surface area contributed by atoms with Gasteiger partial charge in [0.05, 0.1) is 6.21 Å². The van der Waals surface area contributed by atoms with E-state index in [9.17, 15) is 9.90 Å². The maximum absolute atomic E-state index is 12.3. The molecule has 7 heteroatoms. The lowest BCUT2D eigenvalue weighted by Gasteiger charge is -2.16. The number of phenolic OH excluding ortho intramolecular Hbond substituents is 1. The molecule has 0 heterocycles. The van der Waals surface area contributed by atoms with E-state index in [1.165, 1.54) is 12.3 Å². The van der Waals surface area contributed by atoms with Gasteiger partial charge in [-0.2, -0.15) is 5.10 Å². The third-order valence-electron chi connectivity index (χ3n) is 3.30. The molecule has 0 radical (unpaired) electrons. The number of hydrogen-bond donors (Lipinski definition) is 2. The van der Waals surface area contributed by atoms with Gasteiger partial charge in [-0.1, -0.05) is 40.9 Å². The molecule has 1 unspecified atom stereocenters. The first-order valence-corrected chi connectivity index (χ1v) is 8.90. The van der Waals surface area contributed by atoms with E-state index < -0.39 is 6.10 Å². The first-order valence-electron chi connectivity index (χ1n) is 7.73. The van der Waals surface area contributed by atoms with Crippen LogP contribution in [0.2, 0.25) is 5.02 Å². The van der Waals surface area contributed by atoms with E-state index >= 15 is 0 Å². The van der Waals surface area contributed by atoms with E-state index in [0.717, 1.165) is 10.9 Å². The second-order valence-electron chi connectivity index (χ2n) is 5.29. The van der Waals surface area contributed by atoms with Gasteiger partial charge < -0.3 is 9.84 Å². The van der Waals surface area contributed by atoms with Gasteiger partial charge in [0.15, 0.2) is 6.10 Å². The van der Waals surface area contributed by atoms with Crippen LogP contribution in [-0.2, 0) is 4.79 Å². The Kier molecular flexibility index (Phi) is 7.28. The molecule has 1 atom stereocenters. The average Bonchev–Trinajstić information content (AvgIpc) is 2.59. The number of amides is 1. The van der Waals surface area contributed by atoms with Gasteiger partial charge in [-0.15, -0.1) is 0 Å². The van der Waals surface area contributed by atoms with E-state index in [4.69, 9.17) is 16.3 Å². The summed E-state index contributed by atoms with van der Waals surface area (Å²) in [5.41, 5.74) is 2.93. The minimum atomic E-state index is -0.667. The van der Waals surface area contributed by atoms with Crippen LogP contribution in [-0.4, -0.2) is 23.3 Å². The van der Waals surface area contributed by atoms with Crippen molar-refractivity contribution in [2.45, 2.75) is 25.9 Å². The van der Waals surface area contributed by atoms with Crippen LogP contribution in [0.25, 0.3) is 0 Å². The Morgan fingerprint density at radius 2 is 2.08 bits per heavy atom. The summed E-state index contributed by atoms with van der Waals surface area (Å²) in [5.74, 6) is 0.276. The lowest BCUT2D eigenvalue weighted by molar-refractivity contribution is -0.128. The molecule has 0 bridgehead atoms. The molecule has 0 saturated heterocycles. The fraction of sp³-hybridized carbons (Fsp3) is 0.222. The summed E-state index contributed by atoms with van der Waals surface area (Å²) in [4.78, 5) is 12.3. The van der Waals surface area contributed by atoms with Gasteiger partial charge in [0.25, 0.3) is 5.91 Å². The van der Waals surface area contributed by atoms with Crippen LogP contribution >= 0.6 is 27.5 Å². The third-order valence-corrected chi connectivity index (χ3v) is 4.05. The highest BCUT2D eigenvalue weighted by molar-refractivity contribution is 9.10.